The first-order valence-corrected chi connectivity index (χ1v) is 6.42. The minimum Gasteiger partial charge on any atom is -0.384 e. The number of nitrogens with zero attached hydrogens (tertiary/aromatic N) is 3. The molecule has 1 saturated heterocycles. The van der Waals surface area contributed by atoms with Crippen molar-refractivity contribution in [1.29, 1.82) is 0 Å². The van der Waals surface area contributed by atoms with E-state index in [-0.39, 0.29) is 5.91 Å². The maximum atomic E-state index is 11.3. The molecule has 1 aromatic heterocycles. The number of nitrogens with one attached hydrogen (secondary N) is 1. The average Bonchev–Trinajstić information content (AvgIpc) is 2.60. The van der Waals surface area contributed by atoms with Crippen molar-refractivity contribution >= 4 is 17.5 Å². The Labute approximate surface area is 112 Å². The van der Waals surface area contributed by atoms with Gasteiger partial charge < -0.3 is 20.7 Å². The van der Waals surface area contributed by atoms with Crippen LogP contribution >= 0.6 is 0 Å². The molecule has 0 aromatic carbocycles. The SMILES string of the molecule is CCOCc1nc(N)cc(N2CCNC(=O)CC2)n1. The number of carbonyl (C=O) groups is 1. The van der Waals surface area contributed by atoms with Gasteiger partial charge in [0.1, 0.15) is 18.2 Å². The van der Waals surface area contributed by atoms with Gasteiger partial charge in [0.2, 0.25) is 5.91 Å². The molecule has 1 aliphatic heterocycles. The van der Waals surface area contributed by atoms with Crippen LogP contribution in [0, 0.1) is 0 Å². The Morgan fingerprint density at radius 2 is 2.32 bits per heavy atom. The quantitative estimate of drug-likeness (QED) is 0.791. The predicted octanol–water partition coefficient (Wildman–Crippen LogP) is -0.0784. The number of nitrogen functional groups attached to an aromatic ring is 1. The fraction of sp³-hybridized carbons (Fsp3) is 0.583. The third-order valence-electron chi connectivity index (χ3n) is 2.85. The molecule has 0 radical (unpaired) electrons. The summed E-state index contributed by atoms with van der Waals surface area (Å²) in [7, 11) is 0. The summed E-state index contributed by atoms with van der Waals surface area (Å²) in [5.41, 5.74) is 5.79. The molecule has 0 aliphatic carbocycles. The second kappa shape index (κ2) is 6.33. The average molecular weight is 265 g/mol. The van der Waals surface area contributed by atoms with Crippen LogP contribution < -0.4 is 16.0 Å². The van der Waals surface area contributed by atoms with E-state index in [1.165, 1.54) is 0 Å². The monoisotopic (exact) mass is 265 g/mol. The van der Waals surface area contributed by atoms with Gasteiger partial charge in [-0.05, 0) is 6.92 Å². The van der Waals surface area contributed by atoms with E-state index in [1.807, 2.05) is 11.8 Å². The van der Waals surface area contributed by atoms with E-state index in [0.717, 1.165) is 12.4 Å². The van der Waals surface area contributed by atoms with Crippen LogP contribution in [-0.4, -0.2) is 42.1 Å². The predicted molar refractivity (Wildman–Crippen MR) is 71.6 cm³/mol. The molecule has 0 unspecified atom stereocenters. The number of ether oxygens (including phenoxy) is 1. The van der Waals surface area contributed by atoms with E-state index in [2.05, 4.69) is 15.3 Å². The summed E-state index contributed by atoms with van der Waals surface area (Å²) >= 11 is 0. The van der Waals surface area contributed by atoms with Gasteiger partial charge >= 0.3 is 0 Å². The van der Waals surface area contributed by atoms with Gasteiger partial charge in [-0.2, -0.15) is 0 Å². The first kappa shape index (κ1) is 13.5. The Balaban J connectivity index is 2.13. The van der Waals surface area contributed by atoms with E-state index in [4.69, 9.17) is 10.5 Å². The standard InChI is InChI=1S/C12H19N5O2/c1-2-19-8-10-15-9(13)7-11(16-10)17-5-3-12(18)14-4-6-17/h7H,2-6,8H2,1H3,(H,14,18)(H2,13,15,16). The van der Waals surface area contributed by atoms with Crippen molar-refractivity contribution in [3.63, 3.8) is 0 Å². The molecular formula is C12H19N5O2. The number of rotatable bonds is 4. The Bertz CT molecular complexity index is 452. The molecule has 7 nitrogen and oxygen atoms in total. The van der Waals surface area contributed by atoms with Crippen LogP contribution in [0.3, 0.4) is 0 Å². The highest BCUT2D eigenvalue weighted by molar-refractivity contribution is 5.77. The highest BCUT2D eigenvalue weighted by Crippen LogP contribution is 2.15. The van der Waals surface area contributed by atoms with Gasteiger partial charge in [-0.15, -0.1) is 0 Å². The number of carbonyl (C=O) groups excluding carboxylic acids is 1. The summed E-state index contributed by atoms with van der Waals surface area (Å²) in [5, 5.41) is 2.83. The largest absolute Gasteiger partial charge is 0.384 e. The molecule has 0 saturated carbocycles. The maximum absolute atomic E-state index is 11.3. The zero-order valence-corrected chi connectivity index (χ0v) is 11.1. The number of nitrogens with two attached hydrogens (primary N) is 1. The lowest BCUT2D eigenvalue weighted by molar-refractivity contribution is -0.120. The Morgan fingerprint density at radius 3 is 3.11 bits per heavy atom. The second-order valence-electron chi connectivity index (χ2n) is 4.29. The lowest BCUT2D eigenvalue weighted by Crippen LogP contribution is -2.29. The summed E-state index contributed by atoms with van der Waals surface area (Å²) in [6.45, 7) is 4.84. The van der Waals surface area contributed by atoms with Gasteiger partial charge in [-0.25, -0.2) is 9.97 Å². The van der Waals surface area contributed by atoms with Crippen molar-refractivity contribution in [2.45, 2.75) is 20.0 Å². The Hall–Kier alpha value is -1.89. The van der Waals surface area contributed by atoms with E-state index < -0.39 is 0 Å². The van der Waals surface area contributed by atoms with Crippen LogP contribution in [0.15, 0.2) is 6.07 Å². The summed E-state index contributed by atoms with van der Waals surface area (Å²) in [5.74, 6) is 1.81. The number of hydrogen-bond donors (Lipinski definition) is 2. The molecule has 7 heteroatoms. The number of anilines is 2. The van der Waals surface area contributed by atoms with Crippen molar-refractivity contribution in [2.24, 2.45) is 0 Å². The molecule has 1 amide bonds. The minimum atomic E-state index is 0.0686. The molecule has 0 atom stereocenters. The van der Waals surface area contributed by atoms with E-state index >= 15 is 0 Å². The Kier molecular flexibility index (Phi) is 4.51. The van der Waals surface area contributed by atoms with Crippen molar-refractivity contribution < 1.29 is 9.53 Å². The van der Waals surface area contributed by atoms with Crippen LogP contribution in [0.4, 0.5) is 11.6 Å². The second-order valence-corrected chi connectivity index (χ2v) is 4.29. The van der Waals surface area contributed by atoms with Crippen LogP contribution in [0.5, 0.6) is 0 Å². The normalized spacial score (nSPS) is 16.1. The van der Waals surface area contributed by atoms with Gasteiger partial charge in [-0.1, -0.05) is 0 Å². The molecule has 0 spiro atoms. The molecule has 1 aromatic rings. The molecule has 19 heavy (non-hydrogen) atoms. The van der Waals surface area contributed by atoms with E-state index in [9.17, 15) is 4.79 Å². The Morgan fingerprint density at radius 1 is 1.47 bits per heavy atom. The molecule has 2 heterocycles. The number of aromatic nitrogens is 2. The fourth-order valence-electron chi connectivity index (χ4n) is 1.92. The molecule has 1 fully saturated rings. The zero-order valence-electron chi connectivity index (χ0n) is 11.1. The first-order chi connectivity index (χ1) is 9.19. The van der Waals surface area contributed by atoms with Crippen molar-refractivity contribution in [2.75, 3.05) is 36.9 Å². The van der Waals surface area contributed by atoms with E-state index in [0.29, 0.717) is 44.4 Å². The molecule has 2 rings (SSSR count). The van der Waals surface area contributed by atoms with Crippen molar-refractivity contribution in [3.8, 4) is 0 Å². The van der Waals surface area contributed by atoms with Gasteiger partial charge in [0.05, 0.1) is 0 Å². The zero-order chi connectivity index (χ0) is 13.7. The molecule has 0 bridgehead atoms. The highest BCUT2D eigenvalue weighted by Gasteiger charge is 2.16. The molecule has 3 N–H and O–H groups in total. The molecule has 1 aliphatic rings. The summed E-state index contributed by atoms with van der Waals surface area (Å²) in [6.07, 6.45) is 0.463. The highest BCUT2D eigenvalue weighted by atomic mass is 16.5. The molecular weight excluding hydrogens is 246 g/mol. The maximum Gasteiger partial charge on any atom is 0.221 e. The third kappa shape index (κ3) is 3.78. The van der Waals surface area contributed by atoms with Crippen molar-refractivity contribution in [1.82, 2.24) is 15.3 Å². The first-order valence-electron chi connectivity index (χ1n) is 6.42. The summed E-state index contributed by atoms with van der Waals surface area (Å²) in [4.78, 5) is 21.9. The van der Waals surface area contributed by atoms with Gasteiger partial charge in [0, 0.05) is 38.7 Å². The lowest BCUT2D eigenvalue weighted by atomic mass is 10.3. The van der Waals surface area contributed by atoms with Gasteiger partial charge in [0.25, 0.3) is 0 Å². The third-order valence-corrected chi connectivity index (χ3v) is 2.85. The van der Waals surface area contributed by atoms with E-state index in [1.54, 1.807) is 6.07 Å². The summed E-state index contributed by atoms with van der Waals surface area (Å²) in [6, 6.07) is 1.73. The van der Waals surface area contributed by atoms with Crippen molar-refractivity contribution in [3.05, 3.63) is 11.9 Å². The minimum absolute atomic E-state index is 0.0686. The van der Waals surface area contributed by atoms with Gasteiger partial charge in [-0.3, -0.25) is 4.79 Å². The van der Waals surface area contributed by atoms with Crippen LogP contribution in [0.1, 0.15) is 19.2 Å². The van der Waals surface area contributed by atoms with Crippen LogP contribution in [0.25, 0.3) is 0 Å². The summed E-state index contributed by atoms with van der Waals surface area (Å²) < 4.78 is 5.29. The topological polar surface area (TPSA) is 93.4 Å². The van der Waals surface area contributed by atoms with Crippen LogP contribution in [0.2, 0.25) is 0 Å². The number of hydrogen-bond acceptors (Lipinski definition) is 6. The van der Waals surface area contributed by atoms with Gasteiger partial charge in [0.15, 0.2) is 5.82 Å². The number of amides is 1. The van der Waals surface area contributed by atoms with Crippen LogP contribution in [-0.2, 0) is 16.1 Å². The fourth-order valence-corrected chi connectivity index (χ4v) is 1.92. The molecule has 104 valence electrons. The smallest absolute Gasteiger partial charge is 0.221 e. The lowest BCUT2D eigenvalue weighted by Gasteiger charge is -2.21.